The highest BCUT2D eigenvalue weighted by Gasteiger charge is 2.08. The fourth-order valence-electron chi connectivity index (χ4n) is 0.885. The summed E-state index contributed by atoms with van der Waals surface area (Å²) in [5.41, 5.74) is 0. The maximum Gasteiger partial charge on any atom is 0.188 e. The van der Waals surface area contributed by atoms with Crippen molar-refractivity contribution < 1.29 is 14.2 Å². The molecule has 1 aromatic carbocycles. The number of rotatable bonds is 4. The molecular formula is C9H10BrClO3. The SMILES string of the molecule is COCOc1cc(OC)cc(Cl)c1Br. The summed E-state index contributed by atoms with van der Waals surface area (Å²) in [4.78, 5) is 0. The van der Waals surface area contributed by atoms with Gasteiger partial charge in [0.25, 0.3) is 0 Å². The van der Waals surface area contributed by atoms with Gasteiger partial charge in [-0.25, -0.2) is 0 Å². The van der Waals surface area contributed by atoms with E-state index in [1.807, 2.05) is 0 Å². The average molecular weight is 282 g/mol. The number of benzene rings is 1. The van der Waals surface area contributed by atoms with Crippen LogP contribution in [0.5, 0.6) is 11.5 Å². The number of halogens is 2. The van der Waals surface area contributed by atoms with Crippen molar-refractivity contribution in [3.05, 3.63) is 21.6 Å². The Balaban J connectivity index is 2.95. The Morgan fingerprint density at radius 1 is 1.36 bits per heavy atom. The highest BCUT2D eigenvalue weighted by atomic mass is 79.9. The Morgan fingerprint density at radius 3 is 2.64 bits per heavy atom. The normalized spacial score (nSPS) is 10.0. The number of ether oxygens (including phenoxy) is 3. The first kappa shape index (κ1) is 11.6. The van der Waals surface area contributed by atoms with Crippen LogP contribution in [0.25, 0.3) is 0 Å². The molecule has 0 atom stereocenters. The van der Waals surface area contributed by atoms with Crippen LogP contribution < -0.4 is 9.47 Å². The summed E-state index contributed by atoms with van der Waals surface area (Å²) in [5.74, 6) is 1.24. The quantitative estimate of drug-likeness (QED) is 0.794. The molecule has 0 saturated carbocycles. The molecule has 5 heteroatoms. The summed E-state index contributed by atoms with van der Waals surface area (Å²) in [6.45, 7) is 0.169. The predicted octanol–water partition coefficient (Wildman–Crippen LogP) is 3.09. The van der Waals surface area contributed by atoms with E-state index in [9.17, 15) is 0 Å². The molecule has 0 aliphatic rings. The van der Waals surface area contributed by atoms with Gasteiger partial charge in [-0.1, -0.05) is 11.6 Å². The molecule has 0 radical (unpaired) electrons. The first-order valence-corrected chi connectivity index (χ1v) is 5.01. The summed E-state index contributed by atoms with van der Waals surface area (Å²) in [5, 5.41) is 0.537. The van der Waals surface area contributed by atoms with Crippen LogP contribution in [-0.4, -0.2) is 21.0 Å². The van der Waals surface area contributed by atoms with Crippen LogP contribution in [0.4, 0.5) is 0 Å². The van der Waals surface area contributed by atoms with Crippen molar-refractivity contribution in [3.63, 3.8) is 0 Å². The molecule has 0 heterocycles. The van der Waals surface area contributed by atoms with Gasteiger partial charge in [0.1, 0.15) is 11.5 Å². The molecule has 0 aliphatic carbocycles. The molecule has 1 rings (SSSR count). The molecule has 0 amide bonds. The lowest BCUT2D eigenvalue weighted by atomic mass is 10.3. The minimum atomic E-state index is 0.169. The van der Waals surface area contributed by atoms with E-state index in [1.54, 1.807) is 26.4 Å². The van der Waals surface area contributed by atoms with Crippen LogP contribution in [0.1, 0.15) is 0 Å². The molecule has 0 N–H and O–H groups in total. The Hall–Kier alpha value is -0.450. The average Bonchev–Trinajstić information content (AvgIpc) is 2.20. The Labute approximate surface area is 96.0 Å². The fourth-order valence-corrected chi connectivity index (χ4v) is 1.43. The van der Waals surface area contributed by atoms with Gasteiger partial charge in [-0.05, 0) is 15.9 Å². The highest BCUT2D eigenvalue weighted by Crippen LogP contribution is 2.36. The molecule has 0 fully saturated rings. The lowest BCUT2D eigenvalue weighted by Crippen LogP contribution is -2.00. The summed E-state index contributed by atoms with van der Waals surface area (Å²) in [6, 6.07) is 3.43. The zero-order valence-electron chi connectivity index (χ0n) is 7.84. The van der Waals surface area contributed by atoms with E-state index in [2.05, 4.69) is 15.9 Å². The predicted molar refractivity (Wildman–Crippen MR) is 58.2 cm³/mol. The van der Waals surface area contributed by atoms with E-state index >= 15 is 0 Å². The minimum Gasteiger partial charge on any atom is -0.497 e. The standard InChI is InChI=1S/C9H10BrClO3/c1-12-5-14-8-4-6(13-2)3-7(11)9(8)10/h3-4H,5H2,1-2H3. The summed E-state index contributed by atoms with van der Waals surface area (Å²) in [6.07, 6.45) is 0. The maximum atomic E-state index is 5.93. The Bertz CT molecular complexity index is 317. The molecule has 0 aliphatic heterocycles. The van der Waals surface area contributed by atoms with Crippen molar-refractivity contribution in [1.29, 1.82) is 0 Å². The van der Waals surface area contributed by atoms with Crippen LogP contribution >= 0.6 is 27.5 Å². The third-order valence-electron chi connectivity index (χ3n) is 1.54. The molecule has 3 nitrogen and oxygen atoms in total. The minimum absolute atomic E-state index is 0.169. The second-order valence-electron chi connectivity index (χ2n) is 2.47. The van der Waals surface area contributed by atoms with Crippen molar-refractivity contribution in [3.8, 4) is 11.5 Å². The Kier molecular flexibility index (Phi) is 4.51. The van der Waals surface area contributed by atoms with Crippen LogP contribution in [0, 0.1) is 0 Å². The second kappa shape index (κ2) is 5.44. The van der Waals surface area contributed by atoms with Gasteiger partial charge in [0.05, 0.1) is 16.6 Å². The topological polar surface area (TPSA) is 27.7 Å². The van der Waals surface area contributed by atoms with E-state index in [4.69, 9.17) is 25.8 Å². The van der Waals surface area contributed by atoms with Gasteiger partial charge < -0.3 is 14.2 Å². The van der Waals surface area contributed by atoms with E-state index in [0.29, 0.717) is 21.0 Å². The summed E-state index contributed by atoms with van der Waals surface area (Å²) >= 11 is 9.23. The third kappa shape index (κ3) is 2.77. The first-order valence-electron chi connectivity index (χ1n) is 3.83. The van der Waals surface area contributed by atoms with E-state index < -0.39 is 0 Å². The van der Waals surface area contributed by atoms with Gasteiger partial charge in [0, 0.05) is 19.2 Å². The smallest absolute Gasteiger partial charge is 0.188 e. The number of hydrogen-bond acceptors (Lipinski definition) is 3. The van der Waals surface area contributed by atoms with Crippen molar-refractivity contribution in [2.24, 2.45) is 0 Å². The maximum absolute atomic E-state index is 5.93. The van der Waals surface area contributed by atoms with Crippen LogP contribution in [-0.2, 0) is 4.74 Å². The zero-order valence-corrected chi connectivity index (χ0v) is 10.2. The molecule has 0 spiro atoms. The van der Waals surface area contributed by atoms with E-state index in [1.165, 1.54) is 0 Å². The number of methoxy groups -OCH3 is 2. The summed E-state index contributed by atoms with van der Waals surface area (Å²) in [7, 11) is 3.12. The first-order chi connectivity index (χ1) is 6.69. The van der Waals surface area contributed by atoms with Gasteiger partial charge in [-0.2, -0.15) is 0 Å². The molecule has 14 heavy (non-hydrogen) atoms. The van der Waals surface area contributed by atoms with Gasteiger partial charge in [0.15, 0.2) is 6.79 Å². The van der Waals surface area contributed by atoms with Crippen LogP contribution in [0.2, 0.25) is 5.02 Å². The van der Waals surface area contributed by atoms with Gasteiger partial charge in [-0.3, -0.25) is 0 Å². The van der Waals surface area contributed by atoms with Gasteiger partial charge >= 0.3 is 0 Å². The summed E-state index contributed by atoms with van der Waals surface area (Å²) < 4.78 is 15.8. The highest BCUT2D eigenvalue weighted by molar-refractivity contribution is 9.10. The largest absolute Gasteiger partial charge is 0.497 e. The van der Waals surface area contributed by atoms with E-state index in [-0.39, 0.29) is 6.79 Å². The van der Waals surface area contributed by atoms with Gasteiger partial charge in [-0.15, -0.1) is 0 Å². The van der Waals surface area contributed by atoms with Crippen molar-refractivity contribution >= 4 is 27.5 Å². The number of hydrogen-bond donors (Lipinski definition) is 0. The third-order valence-corrected chi connectivity index (χ3v) is 2.88. The molecular weight excluding hydrogens is 271 g/mol. The molecule has 1 aromatic rings. The van der Waals surface area contributed by atoms with Gasteiger partial charge in [0.2, 0.25) is 0 Å². The molecule has 0 unspecified atom stereocenters. The lowest BCUT2D eigenvalue weighted by molar-refractivity contribution is 0.0504. The Morgan fingerprint density at radius 2 is 2.07 bits per heavy atom. The molecule has 0 saturated heterocycles. The molecule has 0 bridgehead atoms. The van der Waals surface area contributed by atoms with Crippen molar-refractivity contribution in [2.45, 2.75) is 0 Å². The second-order valence-corrected chi connectivity index (χ2v) is 3.67. The van der Waals surface area contributed by atoms with Crippen molar-refractivity contribution in [1.82, 2.24) is 0 Å². The zero-order chi connectivity index (χ0) is 10.6. The molecule has 0 aromatic heterocycles. The molecule has 78 valence electrons. The van der Waals surface area contributed by atoms with Crippen molar-refractivity contribution in [2.75, 3.05) is 21.0 Å². The lowest BCUT2D eigenvalue weighted by Gasteiger charge is -2.10. The monoisotopic (exact) mass is 280 g/mol. The fraction of sp³-hybridized carbons (Fsp3) is 0.333. The van der Waals surface area contributed by atoms with E-state index in [0.717, 1.165) is 0 Å². The van der Waals surface area contributed by atoms with Crippen LogP contribution in [0.15, 0.2) is 16.6 Å². The van der Waals surface area contributed by atoms with Crippen LogP contribution in [0.3, 0.4) is 0 Å².